The summed E-state index contributed by atoms with van der Waals surface area (Å²) in [6.07, 6.45) is 0.227. The number of ether oxygens (including phenoxy) is 2. The van der Waals surface area contributed by atoms with E-state index in [1.807, 2.05) is 220 Å². The molecular formula is C74H78N6O11S2. The molecule has 2 atom stereocenters. The molecule has 0 saturated carbocycles. The van der Waals surface area contributed by atoms with Crippen LogP contribution in [-0.4, -0.2) is 118 Å². The molecule has 8 aromatic carbocycles. The van der Waals surface area contributed by atoms with E-state index in [0.29, 0.717) is 18.4 Å². The second kappa shape index (κ2) is 33.5. The third kappa shape index (κ3) is 18.9. The largest absolute Gasteiger partial charge is 0.480 e. The molecule has 0 saturated heterocycles. The normalized spacial score (nSPS) is 14.0. The highest BCUT2D eigenvalue weighted by Gasteiger charge is 2.42. The van der Waals surface area contributed by atoms with Gasteiger partial charge < -0.3 is 24.4 Å². The average molecular weight is 1290 g/mol. The zero-order valence-corrected chi connectivity index (χ0v) is 54.7. The number of nitrogens with two attached hydrogens (primary N) is 1. The van der Waals surface area contributed by atoms with Crippen molar-refractivity contribution in [1.29, 1.82) is 0 Å². The first-order valence-electron chi connectivity index (χ1n) is 30.6. The summed E-state index contributed by atoms with van der Waals surface area (Å²) in [6.45, 7) is 6.71. The summed E-state index contributed by atoms with van der Waals surface area (Å²) >= 11 is 0. The molecular weight excluding hydrogens is 1210 g/mol. The number of nitrogens with one attached hydrogen (secondary N) is 1. The van der Waals surface area contributed by atoms with Crippen molar-refractivity contribution in [2.45, 2.75) is 77.5 Å². The number of amides is 3. The van der Waals surface area contributed by atoms with Crippen molar-refractivity contribution in [1.82, 2.24) is 23.1 Å². The summed E-state index contributed by atoms with van der Waals surface area (Å²) < 4.78 is 68.1. The standard InChI is InChI=1S/C36H35N3O5S.C34H29NO4.C2H8N2O2S.C2H6/c1-26-21-22-30-25-39(36(41)33(28-17-9-5-10-18-28)29-19-11-6-12-20-29)32(35(40)37-45(42,43)38(2)3)24-31(30)34(26)44-23-13-16-27-14-7-4-8-15-27;1-24-19-20-28-23-35(33(36)31(26-15-7-3-8-16-26)27-17-9-4-10-18-27)30(34(37)38)22-29(28)32(24)39-21-11-14-25-12-5-2-6-13-25;1-4(2)7(3,5)6;1-2/h4-12,14-15,17-22,32-33H,23-25H2,1-3H3,(H,37,40);2-10,12-13,15-20,30-31H,21-23H2,1H3,(H,37,38);1-2H3,(H2,3,5,6);1-2H3/t32-;30-;;/m00../s1/i;;;1D. The average Bonchev–Trinajstić information content (AvgIpc) is 0.831. The third-order valence-corrected chi connectivity index (χ3v) is 17.8. The molecule has 0 bridgehead atoms. The number of carboxylic acids is 1. The molecule has 10 rings (SSSR count). The van der Waals surface area contributed by atoms with Gasteiger partial charge in [0, 0.05) is 77.7 Å². The number of aryl methyl sites for hydroxylation is 2. The van der Waals surface area contributed by atoms with Crippen LogP contribution < -0.4 is 19.3 Å². The maximum Gasteiger partial charge on any atom is 0.326 e. The van der Waals surface area contributed by atoms with Gasteiger partial charge in [0.15, 0.2) is 0 Å². The minimum atomic E-state index is -4.11. The third-order valence-electron chi connectivity index (χ3n) is 15.3. The highest BCUT2D eigenvalue weighted by atomic mass is 32.2. The Labute approximate surface area is 548 Å². The Hall–Kier alpha value is -9.86. The van der Waals surface area contributed by atoms with Crippen LogP contribution >= 0.6 is 0 Å². The fourth-order valence-electron chi connectivity index (χ4n) is 10.5. The summed E-state index contributed by atoms with van der Waals surface area (Å²) in [5, 5.41) is 14.8. The first-order chi connectivity index (χ1) is 45.0. The predicted octanol–water partition coefficient (Wildman–Crippen LogP) is 9.81. The van der Waals surface area contributed by atoms with Gasteiger partial charge in [0.05, 0.1) is 11.8 Å². The van der Waals surface area contributed by atoms with Gasteiger partial charge in [-0.15, -0.1) is 0 Å². The fourth-order valence-corrected chi connectivity index (χ4v) is 11.1. The van der Waals surface area contributed by atoms with Gasteiger partial charge in [-0.25, -0.2) is 14.7 Å². The molecule has 0 fully saturated rings. The molecule has 2 aliphatic rings. The van der Waals surface area contributed by atoms with Crippen molar-refractivity contribution in [3.8, 4) is 35.2 Å². The van der Waals surface area contributed by atoms with Gasteiger partial charge in [-0.2, -0.15) is 25.4 Å². The quantitative estimate of drug-likeness (QED) is 0.0819. The number of rotatable bonds is 15. The van der Waals surface area contributed by atoms with Crippen molar-refractivity contribution in [3.63, 3.8) is 0 Å². The number of fused-ring (bicyclic) bond motifs is 2. The van der Waals surface area contributed by atoms with E-state index in [-0.39, 0.29) is 51.0 Å². The number of carbonyl (C=O) groups is 4. The van der Waals surface area contributed by atoms with Gasteiger partial charge in [0.1, 0.15) is 36.8 Å². The van der Waals surface area contributed by atoms with Crippen LogP contribution in [0.2, 0.25) is 0 Å². The predicted molar refractivity (Wildman–Crippen MR) is 362 cm³/mol. The lowest BCUT2D eigenvalue weighted by Gasteiger charge is -2.39. The summed E-state index contributed by atoms with van der Waals surface area (Å²) in [6, 6.07) is 62.7. The molecule has 0 unspecified atom stereocenters. The van der Waals surface area contributed by atoms with Gasteiger partial charge in [0.25, 0.3) is 16.1 Å². The van der Waals surface area contributed by atoms with Crippen LogP contribution in [0.5, 0.6) is 11.5 Å². The minimum absolute atomic E-state index is 0.0648. The van der Waals surface area contributed by atoms with Crippen LogP contribution in [0, 0.1) is 37.5 Å². The maximum absolute atomic E-state index is 14.6. The Morgan fingerprint density at radius 2 is 0.860 bits per heavy atom. The molecule has 17 nitrogen and oxygen atoms in total. The van der Waals surface area contributed by atoms with Crippen molar-refractivity contribution in [3.05, 3.63) is 273 Å². The molecule has 4 N–H and O–H groups in total. The van der Waals surface area contributed by atoms with Crippen LogP contribution in [0.4, 0.5) is 0 Å². The van der Waals surface area contributed by atoms with Crippen molar-refractivity contribution in [2.24, 2.45) is 5.14 Å². The van der Waals surface area contributed by atoms with E-state index in [9.17, 15) is 41.1 Å². The number of carbonyl (C=O) groups excluding carboxylic acids is 3. The molecule has 19 heteroatoms. The van der Waals surface area contributed by atoms with Crippen LogP contribution in [0.15, 0.2) is 206 Å². The summed E-state index contributed by atoms with van der Waals surface area (Å²) in [5.74, 6) is 9.80. The van der Waals surface area contributed by atoms with Gasteiger partial charge in [-0.3, -0.25) is 14.4 Å². The number of carboxylic acid groups (broad SMARTS) is 1. The topological polar surface area (TPSA) is 226 Å². The number of benzene rings is 8. The molecule has 8 aromatic rings. The minimum Gasteiger partial charge on any atom is -0.480 e. The van der Waals surface area contributed by atoms with E-state index in [1.165, 1.54) is 38.0 Å². The number of hydrogen-bond acceptors (Lipinski definition) is 10. The number of hydrogen-bond donors (Lipinski definition) is 3. The Morgan fingerprint density at radius 3 is 1.17 bits per heavy atom. The van der Waals surface area contributed by atoms with Crippen LogP contribution in [-0.2, 0) is 65.5 Å². The maximum atomic E-state index is 14.6. The van der Waals surface area contributed by atoms with E-state index in [4.69, 9.17) is 10.8 Å². The molecule has 0 spiro atoms. The van der Waals surface area contributed by atoms with Gasteiger partial charge in [-0.1, -0.05) is 219 Å². The van der Waals surface area contributed by atoms with Crippen LogP contribution in [0.1, 0.15) is 93.8 Å². The highest BCUT2D eigenvalue weighted by molar-refractivity contribution is 7.87. The highest BCUT2D eigenvalue weighted by Crippen LogP contribution is 2.39. The molecule has 0 aromatic heterocycles. The van der Waals surface area contributed by atoms with Crippen LogP contribution in [0.25, 0.3) is 0 Å². The van der Waals surface area contributed by atoms with E-state index < -0.39 is 56.2 Å². The summed E-state index contributed by atoms with van der Waals surface area (Å²) in [4.78, 5) is 58.0. The second-order valence-electron chi connectivity index (χ2n) is 21.9. The first kappa shape index (κ1) is 69.0. The number of nitrogens with zero attached hydrogens (tertiary/aromatic N) is 4. The first-order valence-corrected chi connectivity index (χ1v) is 32.8. The molecule has 2 aliphatic heterocycles. The summed E-state index contributed by atoms with van der Waals surface area (Å²) in [5.41, 5.74) is 9.99. The molecule has 0 radical (unpaired) electrons. The van der Waals surface area contributed by atoms with E-state index in [0.717, 1.165) is 75.4 Å². The lowest BCUT2D eigenvalue weighted by atomic mass is 9.86. The molecule has 482 valence electrons. The zero-order valence-electron chi connectivity index (χ0n) is 54.1. The van der Waals surface area contributed by atoms with Crippen molar-refractivity contribution < 1.29 is 52.0 Å². The Bertz CT molecular complexity index is 4150. The van der Waals surface area contributed by atoms with E-state index >= 15 is 0 Å². The van der Waals surface area contributed by atoms with E-state index in [2.05, 4.69) is 33.5 Å². The van der Waals surface area contributed by atoms with Crippen LogP contribution in [0.3, 0.4) is 0 Å². The van der Waals surface area contributed by atoms with Crippen molar-refractivity contribution >= 4 is 44.1 Å². The smallest absolute Gasteiger partial charge is 0.326 e. The van der Waals surface area contributed by atoms with Gasteiger partial charge >= 0.3 is 16.2 Å². The SMILES string of the molecule is CN(C)S(N)(=O)=O.Cc1ccc2c(c1OCC#Cc1ccccc1)C[C@@H](C(=O)NS(=O)(=O)N(C)C)N(C(=O)C(c1ccccc1)c1ccccc1)C2.Cc1ccc2c(c1OCC#Cc1ccccc1)C[C@@H](C(=O)O)N(C(=O)C(c1ccccc1)c1ccccc1)C2.[2H]CC. The molecule has 3 amide bonds. The Morgan fingerprint density at radius 1 is 0.548 bits per heavy atom. The fraction of sp³-hybridized carbons (Fsp3) is 0.243. The Kier molecular flexibility index (Phi) is 24.8. The molecule has 0 aliphatic carbocycles. The Balaban J connectivity index is 0.000000234. The zero-order chi connectivity index (χ0) is 68.0. The second-order valence-corrected chi connectivity index (χ2v) is 25.6. The number of aliphatic carboxylic acids is 1. The van der Waals surface area contributed by atoms with E-state index in [1.54, 1.807) is 6.92 Å². The molecule has 2 heterocycles. The van der Waals surface area contributed by atoms with Gasteiger partial charge in [0.2, 0.25) is 11.8 Å². The lowest BCUT2D eigenvalue weighted by Crippen LogP contribution is -2.55. The van der Waals surface area contributed by atoms with Gasteiger partial charge in [-0.05, 0) is 82.6 Å². The lowest BCUT2D eigenvalue weighted by molar-refractivity contribution is -0.151. The molecule has 93 heavy (non-hydrogen) atoms. The monoisotopic (exact) mass is 1290 g/mol. The van der Waals surface area contributed by atoms with Crippen molar-refractivity contribution in [2.75, 3.05) is 41.4 Å². The summed E-state index contributed by atoms with van der Waals surface area (Å²) in [7, 11) is -2.11.